The number of hydrogen-bond donors (Lipinski definition) is 0. The number of aromatic nitrogens is 2. The molecule has 140 valence electrons. The third-order valence-electron chi connectivity index (χ3n) is 4.68. The van der Waals surface area contributed by atoms with Crippen LogP contribution >= 0.6 is 0 Å². The summed E-state index contributed by atoms with van der Waals surface area (Å²) in [6.07, 6.45) is 3.79. The summed E-state index contributed by atoms with van der Waals surface area (Å²) in [5.74, 6) is 1.19. The second-order valence-corrected chi connectivity index (χ2v) is 6.28. The molecule has 0 amide bonds. The SMILES string of the molecule is COc1ccc(-c2c[n+]3c(n2-c2ccc(OC(F)F)cc2)CCC3)c(F)c1. The fourth-order valence-electron chi connectivity index (χ4n) is 3.49. The highest BCUT2D eigenvalue weighted by molar-refractivity contribution is 5.63. The molecule has 7 heteroatoms. The zero-order valence-corrected chi connectivity index (χ0v) is 14.7. The van der Waals surface area contributed by atoms with Crippen LogP contribution in [-0.2, 0) is 13.0 Å². The summed E-state index contributed by atoms with van der Waals surface area (Å²) in [5.41, 5.74) is 1.91. The summed E-state index contributed by atoms with van der Waals surface area (Å²) >= 11 is 0. The molecule has 0 N–H and O–H groups in total. The highest BCUT2D eigenvalue weighted by Crippen LogP contribution is 2.31. The van der Waals surface area contributed by atoms with Crippen LogP contribution in [0.2, 0.25) is 0 Å². The molecule has 0 saturated heterocycles. The van der Waals surface area contributed by atoms with Gasteiger partial charge in [-0.05, 0) is 42.8 Å². The van der Waals surface area contributed by atoms with E-state index < -0.39 is 6.61 Å². The van der Waals surface area contributed by atoms with Crippen LogP contribution < -0.4 is 14.0 Å². The molecule has 4 rings (SSSR count). The van der Waals surface area contributed by atoms with Crippen LogP contribution in [0.5, 0.6) is 11.5 Å². The van der Waals surface area contributed by atoms with Crippen molar-refractivity contribution < 1.29 is 27.2 Å². The van der Waals surface area contributed by atoms with Gasteiger partial charge in [0.15, 0.2) is 5.69 Å². The van der Waals surface area contributed by atoms with E-state index in [-0.39, 0.29) is 11.6 Å². The zero-order valence-electron chi connectivity index (χ0n) is 14.7. The molecule has 3 aromatic rings. The van der Waals surface area contributed by atoms with Crippen LogP contribution in [0.3, 0.4) is 0 Å². The molecule has 0 saturated carbocycles. The van der Waals surface area contributed by atoms with Crippen molar-refractivity contribution >= 4 is 0 Å². The lowest BCUT2D eigenvalue weighted by Gasteiger charge is -2.08. The molecule has 0 bridgehead atoms. The van der Waals surface area contributed by atoms with E-state index in [4.69, 9.17) is 4.74 Å². The van der Waals surface area contributed by atoms with Gasteiger partial charge in [-0.25, -0.2) is 8.96 Å². The van der Waals surface area contributed by atoms with Crippen molar-refractivity contribution in [1.82, 2.24) is 4.57 Å². The number of halogens is 3. The first-order chi connectivity index (χ1) is 13.1. The van der Waals surface area contributed by atoms with Crippen LogP contribution in [0.1, 0.15) is 12.2 Å². The van der Waals surface area contributed by atoms with Crippen LogP contribution in [0.25, 0.3) is 16.9 Å². The Morgan fingerprint density at radius 2 is 1.81 bits per heavy atom. The topological polar surface area (TPSA) is 27.3 Å². The molecule has 1 aliphatic rings. The average Bonchev–Trinajstić information content (AvgIpc) is 3.23. The predicted molar refractivity (Wildman–Crippen MR) is 92.9 cm³/mol. The van der Waals surface area contributed by atoms with Crippen molar-refractivity contribution in [1.29, 1.82) is 0 Å². The van der Waals surface area contributed by atoms with Crippen molar-refractivity contribution in [3.05, 3.63) is 60.3 Å². The summed E-state index contributed by atoms with van der Waals surface area (Å²) in [6.45, 7) is -2.01. The molecule has 0 radical (unpaired) electrons. The lowest BCUT2D eigenvalue weighted by molar-refractivity contribution is -0.689. The van der Waals surface area contributed by atoms with Crippen LogP contribution in [-0.4, -0.2) is 18.3 Å². The lowest BCUT2D eigenvalue weighted by Crippen LogP contribution is -2.30. The number of aryl methyl sites for hydroxylation is 1. The molecular weight excluding hydrogens is 357 g/mol. The maximum absolute atomic E-state index is 14.7. The molecular formula is C20H18F3N2O2+. The maximum Gasteiger partial charge on any atom is 0.387 e. The Labute approximate surface area is 154 Å². The number of fused-ring (bicyclic) bond motifs is 1. The predicted octanol–water partition coefficient (Wildman–Crippen LogP) is 4.13. The maximum atomic E-state index is 14.7. The van der Waals surface area contributed by atoms with Gasteiger partial charge in [0, 0.05) is 6.07 Å². The third kappa shape index (κ3) is 3.25. The summed E-state index contributed by atoms with van der Waals surface area (Å²) in [5, 5.41) is 0. The minimum Gasteiger partial charge on any atom is -0.497 e. The number of alkyl halides is 2. The number of methoxy groups -OCH3 is 1. The zero-order chi connectivity index (χ0) is 19.0. The van der Waals surface area contributed by atoms with Gasteiger partial charge in [0.1, 0.15) is 29.2 Å². The van der Waals surface area contributed by atoms with Gasteiger partial charge in [-0.3, -0.25) is 0 Å². The Bertz CT molecular complexity index is 968. The van der Waals surface area contributed by atoms with E-state index in [2.05, 4.69) is 9.30 Å². The van der Waals surface area contributed by atoms with Gasteiger partial charge in [0.05, 0.1) is 25.6 Å². The standard InChI is InChI=1S/C20H18F3N2O2/c1-26-15-8-9-16(17(21)11-15)18-12-24-10-2-3-19(24)25(18)13-4-6-14(7-5-13)27-20(22)23/h4-9,11-12,20H,2-3,10H2,1H3/q+1. The van der Waals surface area contributed by atoms with E-state index in [0.29, 0.717) is 17.0 Å². The Balaban J connectivity index is 1.81. The minimum atomic E-state index is -2.87. The molecule has 4 nitrogen and oxygen atoms in total. The first-order valence-electron chi connectivity index (χ1n) is 8.60. The monoisotopic (exact) mass is 375 g/mol. The molecule has 0 fully saturated rings. The molecule has 0 unspecified atom stereocenters. The van der Waals surface area contributed by atoms with Crippen molar-refractivity contribution in [2.45, 2.75) is 26.0 Å². The van der Waals surface area contributed by atoms with Crippen molar-refractivity contribution in [2.24, 2.45) is 0 Å². The molecule has 2 heterocycles. The van der Waals surface area contributed by atoms with Crippen LogP contribution in [0.15, 0.2) is 48.7 Å². The molecule has 2 aromatic carbocycles. The molecule has 1 aromatic heterocycles. The number of benzene rings is 2. The second-order valence-electron chi connectivity index (χ2n) is 6.28. The fraction of sp³-hybridized carbons (Fsp3) is 0.250. The Morgan fingerprint density at radius 3 is 2.48 bits per heavy atom. The molecule has 27 heavy (non-hydrogen) atoms. The molecule has 0 atom stereocenters. The quantitative estimate of drug-likeness (QED) is 0.627. The van der Waals surface area contributed by atoms with Crippen molar-refractivity contribution in [3.63, 3.8) is 0 Å². The van der Waals surface area contributed by atoms with E-state index in [1.807, 2.05) is 10.8 Å². The number of hydrogen-bond acceptors (Lipinski definition) is 2. The molecule has 1 aliphatic heterocycles. The number of imidazole rings is 1. The summed E-state index contributed by atoms with van der Waals surface area (Å²) in [4.78, 5) is 0. The Hall–Kier alpha value is -2.96. The van der Waals surface area contributed by atoms with E-state index >= 15 is 0 Å². The summed E-state index contributed by atoms with van der Waals surface area (Å²) in [6, 6.07) is 11.1. The summed E-state index contributed by atoms with van der Waals surface area (Å²) < 4.78 is 53.0. The van der Waals surface area contributed by atoms with E-state index in [0.717, 1.165) is 30.9 Å². The number of nitrogens with zero attached hydrogens (tertiary/aromatic N) is 2. The highest BCUT2D eigenvalue weighted by Gasteiger charge is 2.30. The average molecular weight is 375 g/mol. The highest BCUT2D eigenvalue weighted by atomic mass is 19.3. The van der Waals surface area contributed by atoms with Crippen LogP contribution in [0, 0.1) is 5.82 Å². The largest absolute Gasteiger partial charge is 0.497 e. The van der Waals surface area contributed by atoms with Crippen molar-refractivity contribution in [2.75, 3.05) is 7.11 Å². The Morgan fingerprint density at radius 1 is 1.07 bits per heavy atom. The van der Waals surface area contributed by atoms with E-state index in [1.54, 1.807) is 24.3 Å². The van der Waals surface area contributed by atoms with Gasteiger partial charge in [0.2, 0.25) is 0 Å². The molecule has 0 aliphatic carbocycles. The third-order valence-corrected chi connectivity index (χ3v) is 4.68. The minimum absolute atomic E-state index is 0.0855. The van der Waals surface area contributed by atoms with Gasteiger partial charge in [-0.1, -0.05) is 0 Å². The summed E-state index contributed by atoms with van der Waals surface area (Å²) in [7, 11) is 1.49. The van der Waals surface area contributed by atoms with Gasteiger partial charge in [-0.2, -0.15) is 13.3 Å². The van der Waals surface area contributed by atoms with Gasteiger partial charge < -0.3 is 9.47 Å². The van der Waals surface area contributed by atoms with E-state index in [9.17, 15) is 13.2 Å². The molecule has 0 spiro atoms. The Kier molecular flexibility index (Phi) is 4.51. The second kappa shape index (κ2) is 6.98. The van der Waals surface area contributed by atoms with Gasteiger partial charge >= 0.3 is 6.61 Å². The first kappa shape index (κ1) is 17.5. The van der Waals surface area contributed by atoms with Gasteiger partial charge in [0.25, 0.3) is 5.82 Å². The fourth-order valence-corrected chi connectivity index (χ4v) is 3.49. The number of ether oxygens (including phenoxy) is 2. The first-order valence-corrected chi connectivity index (χ1v) is 8.60. The van der Waals surface area contributed by atoms with E-state index in [1.165, 1.54) is 25.3 Å². The lowest BCUT2D eigenvalue weighted by atomic mass is 10.1. The number of rotatable bonds is 5. The van der Waals surface area contributed by atoms with Gasteiger partial charge in [-0.15, -0.1) is 0 Å². The van der Waals surface area contributed by atoms with Crippen LogP contribution in [0.4, 0.5) is 13.2 Å². The normalized spacial score (nSPS) is 13.1. The van der Waals surface area contributed by atoms with Crippen molar-refractivity contribution in [3.8, 4) is 28.4 Å². The smallest absolute Gasteiger partial charge is 0.387 e.